The summed E-state index contributed by atoms with van der Waals surface area (Å²) < 4.78 is 4.98. The van der Waals surface area contributed by atoms with E-state index in [0.29, 0.717) is 6.29 Å². The van der Waals surface area contributed by atoms with E-state index in [9.17, 15) is 24.9 Å². The van der Waals surface area contributed by atoms with Gasteiger partial charge in [0, 0.05) is 17.7 Å². The molecule has 4 N–H and O–H groups in total. The van der Waals surface area contributed by atoms with E-state index in [4.69, 9.17) is 4.74 Å². The van der Waals surface area contributed by atoms with Crippen molar-refractivity contribution in [3.8, 4) is 5.75 Å². The average molecular weight is 345 g/mol. The Kier molecular flexibility index (Phi) is 6.50. The predicted molar refractivity (Wildman–Crippen MR) is 89.1 cm³/mol. The lowest BCUT2D eigenvalue weighted by Gasteiger charge is -2.20. The lowest BCUT2D eigenvalue weighted by molar-refractivity contribution is 0.0168. The molecule has 2 aromatic carbocycles. The zero-order chi connectivity index (χ0) is 18.2. The van der Waals surface area contributed by atoms with Crippen LogP contribution in [0.15, 0.2) is 48.5 Å². The monoisotopic (exact) mass is 345 g/mol. The topological polar surface area (TPSA) is 116 Å². The van der Waals surface area contributed by atoms with Crippen molar-refractivity contribution < 1.29 is 29.6 Å². The van der Waals surface area contributed by atoms with Gasteiger partial charge in [-0.3, -0.25) is 4.79 Å². The maximum Gasteiger partial charge on any atom is 0.407 e. The van der Waals surface area contributed by atoms with Crippen molar-refractivity contribution in [1.82, 2.24) is 5.32 Å². The number of phenols is 1. The van der Waals surface area contributed by atoms with Gasteiger partial charge in [-0.1, -0.05) is 42.5 Å². The van der Waals surface area contributed by atoms with Crippen LogP contribution < -0.4 is 5.32 Å². The molecule has 132 valence electrons. The van der Waals surface area contributed by atoms with Gasteiger partial charge in [-0.05, 0) is 11.6 Å². The molecule has 2 atom stereocenters. The molecule has 0 spiro atoms. The number of carbonyl (C=O) groups excluding carboxylic acids is 2. The lowest BCUT2D eigenvalue weighted by atomic mass is 9.98. The van der Waals surface area contributed by atoms with Crippen LogP contribution in [-0.4, -0.2) is 40.3 Å². The van der Waals surface area contributed by atoms with Crippen LogP contribution in [0.25, 0.3) is 0 Å². The standard InChI is InChI=1S/C18H19NO6/c20-10-13-7-4-8-14(21)16(13)17(23)15(22)9-19-18(24)25-11-12-5-2-1-3-6-12/h1-8,10,15,17,21-23H,9,11H2,(H,19,24). The molecule has 2 unspecified atom stereocenters. The molecule has 7 heteroatoms. The van der Waals surface area contributed by atoms with Gasteiger partial charge in [0.25, 0.3) is 0 Å². The summed E-state index contributed by atoms with van der Waals surface area (Å²) in [6.45, 7) is -0.249. The fourth-order valence-electron chi connectivity index (χ4n) is 2.26. The third-order valence-corrected chi connectivity index (χ3v) is 3.57. The van der Waals surface area contributed by atoms with Crippen molar-refractivity contribution in [2.75, 3.05) is 6.54 Å². The van der Waals surface area contributed by atoms with Gasteiger partial charge in [0.2, 0.25) is 0 Å². The van der Waals surface area contributed by atoms with Gasteiger partial charge in [0.05, 0.1) is 0 Å². The molecule has 1 amide bonds. The number of hydrogen-bond donors (Lipinski definition) is 4. The number of alkyl carbamates (subject to hydrolysis) is 1. The summed E-state index contributed by atoms with van der Waals surface area (Å²) in [7, 11) is 0. The largest absolute Gasteiger partial charge is 0.508 e. The van der Waals surface area contributed by atoms with Gasteiger partial charge in [-0.25, -0.2) is 4.79 Å². The zero-order valence-electron chi connectivity index (χ0n) is 13.3. The Morgan fingerprint density at radius 3 is 2.52 bits per heavy atom. The van der Waals surface area contributed by atoms with Gasteiger partial charge < -0.3 is 25.4 Å². The Hall–Kier alpha value is -2.90. The first-order valence-corrected chi connectivity index (χ1v) is 7.60. The van der Waals surface area contributed by atoms with E-state index in [1.165, 1.54) is 18.2 Å². The van der Waals surface area contributed by atoms with Crippen LogP contribution >= 0.6 is 0 Å². The first kappa shape index (κ1) is 18.4. The summed E-state index contributed by atoms with van der Waals surface area (Å²) in [6, 6.07) is 13.2. The second-order valence-corrected chi connectivity index (χ2v) is 5.35. The molecule has 0 aliphatic rings. The number of carbonyl (C=O) groups is 2. The molecule has 0 aromatic heterocycles. The molecule has 25 heavy (non-hydrogen) atoms. The van der Waals surface area contributed by atoms with Crippen LogP contribution in [0.5, 0.6) is 5.75 Å². The van der Waals surface area contributed by atoms with Gasteiger partial charge in [-0.2, -0.15) is 0 Å². The first-order valence-electron chi connectivity index (χ1n) is 7.60. The molecular weight excluding hydrogens is 326 g/mol. The zero-order valence-corrected chi connectivity index (χ0v) is 13.3. The Bertz CT molecular complexity index is 719. The minimum Gasteiger partial charge on any atom is -0.508 e. The number of amides is 1. The summed E-state index contributed by atoms with van der Waals surface area (Å²) in [5.74, 6) is -0.317. The maximum absolute atomic E-state index is 11.6. The lowest BCUT2D eigenvalue weighted by Crippen LogP contribution is -2.36. The number of aromatic hydroxyl groups is 1. The fourth-order valence-corrected chi connectivity index (χ4v) is 2.26. The third kappa shape index (κ3) is 5.03. The smallest absolute Gasteiger partial charge is 0.407 e. The summed E-state index contributed by atoms with van der Waals surface area (Å²) in [6.07, 6.45) is -3.28. The number of aliphatic hydroxyl groups is 2. The molecule has 0 aliphatic heterocycles. The molecular formula is C18H19NO6. The van der Waals surface area contributed by atoms with E-state index in [1.807, 2.05) is 18.2 Å². The molecule has 0 fully saturated rings. The SMILES string of the molecule is O=Cc1cccc(O)c1C(O)C(O)CNC(=O)OCc1ccccc1. The highest BCUT2D eigenvalue weighted by Crippen LogP contribution is 2.29. The van der Waals surface area contributed by atoms with Gasteiger partial charge in [-0.15, -0.1) is 0 Å². The number of phenolic OH excluding ortho intramolecular Hbond substituents is 1. The second kappa shape index (κ2) is 8.81. The van der Waals surface area contributed by atoms with Crippen LogP contribution in [0, 0.1) is 0 Å². The van der Waals surface area contributed by atoms with Crippen LogP contribution in [0.4, 0.5) is 4.79 Å². The van der Waals surface area contributed by atoms with E-state index in [2.05, 4.69) is 5.32 Å². The average Bonchev–Trinajstić information content (AvgIpc) is 2.64. The molecule has 0 saturated carbocycles. The van der Waals surface area contributed by atoms with Crippen molar-refractivity contribution >= 4 is 12.4 Å². The minimum absolute atomic E-state index is 0.0539. The van der Waals surface area contributed by atoms with Crippen molar-refractivity contribution in [1.29, 1.82) is 0 Å². The Morgan fingerprint density at radius 2 is 1.84 bits per heavy atom. The molecule has 2 rings (SSSR count). The van der Waals surface area contributed by atoms with Gasteiger partial charge in [0.1, 0.15) is 24.6 Å². The minimum atomic E-state index is -1.55. The molecule has 0 bridgehead atoms. The van der Waals surface area contributed by atoms with Crippen LogP contribution in [0.2, 0.25) is 0 Å². The third-order valence-electron chi connectivity index (χ3n) is 3.57. The normalized spacial score (nSPS) is 12.9. The summed E-state index contributed by atoms with van der Waals surface area (Å²) in [5, 5.41) is 32.3. The van der Waals surface area contributed by atoms with Crippen molar-refractivity contribution in [3.05, 3.63) is 65.2 Å². The molecule has 2 aromatic rings. The summed E-state index contributed by atoms with van der Waals surface area (Å²) >= 11 is 0. The molecule has 0 aliphatic carbocycles. The molecule has 7 nitrogen and oxygen atoms in total. The first-order chi connectivity index (χ1) is 12.0. The number of benzene rings is 2. The molecule has 0 radical (unpaired) electrons. The number of ether oxygens (including phenoxy) is 1. The van der Waals surface area contributed by atoms with Crippen molar-refractivity contribution in [2.45, 2.75) is 18.8 Å². The van der Waals surface area contributed by atoms with E-state index in [1.54, 1.807) is 12.1 Å². The summed E-state index contributed by atoms with van der Waals surface area (Å²) in [5.41, 5.74) is 0.769. The van der Waals surface area contributed by atoms with Crippen LogP contribution in [0.3, 0.4) is 0 Å². The van der Waals surface area contributed by atoms with Crippen molar-refractivity contribution in [2.24, 2.45) is 0 Å². The highest BCUT2D eigenvalue weighted by atomic mass is 16.5. The predicted octanol–water partition coefficient (Wildman–Crippen LogP) is 1.53. The number of aldehydes is 1. The van der Waals surface area contributed by atoms with E-state index in [0.717, 1.165) is 5.56 Å². The Labute approximate surface area is 144 Å². The van der Waals surface area contributed by atoms with Gasteiger partial charge in [0.15, 0.2) is 6.29 Å². The quantitative estimate of drug-likeness (QED) is 0.566. The maximum atomic E-state index is 11.6. The van der Waals surface area contributed by atoms with Crippen LogP contribution in [-0.2, 0) is 11.3 Å². The van der Waals surface area contributed by atoms with E-state index in [-0.39, 0.29) is 30.0 Å². The highest BCUT2D eigenvalue weighted by Gasteiger charge is 2.24. The molecule has 0 saturated heterocycles. The second-order valence-electron chi connectivity index (χ2n) is 5.35. The summed E-state index contributed by atoms with van der Waals surface area (Å²) in [4.78, 5) is 22.6. The Morgan fingerprint density at radius 1 is 1.12 bits per heavy atom. The fraction of sp³-hybridized carbons (Fsp3) is 0.222. The van der Waals surface area contributed by atoms with E-state index >= 15 is 0 Å². The number of aliphatic hydroxyl groups excluding tert-OH is 2. The molecule has 0 heterocycles. The number of hydrogen-bond acceptors (Lipinski definition) is 6. The highest BCUT2D eigenvalue weighted by molar-refractivity contribution is 5.79. The Balaban J connectivity index is 1.88. The number of rotatable bonds is 7. The van der Waals surface area contributed by atoms with Crippen LogP contribution in [0.1, 0.15) is 27.6 Å². The van der Waals surface area contributed by atoms with Crippen molar-refractivity contribution in [3.63, 3.8) is 0 Å². The van der Waals surface area contributed by atoms with Gasteiger partial charge >= 0.3 is 6.09 Å². The van der Waals surface area contributed by atoms with E-state index < -0.39 is 18.3 Å². The number of nitrogens with one attached hydrogen (secondary N) is 1.